The zero-order valence-electron chi connectivity index (χ0n) is 12.8. The van der Waals surface area contributed by atoms with Gasteiger partial charge in [0.2, 0.25) is 5.75 Å². The fraction of sp³-hybridized carbons (Fsp3) is 0.400. The molecule has 1 aromatic carbocycles. The van der Waals surface area contributed by atoms with Crippen molar-refractivity contribution in [1.82, 2.24) is 15.1 Å². The molecular formula is C15H21N3O3. The number of rotatable bonds is 6. The van der Waals surface area contributed by atoms with E-state index in [0.717, 1.165) is 23.4 Å². The molecule has 0 aliphatic heterocycles. The first kappa shape index (κ1) is 15.2. The molecule has 0 bridgehead atoms. The summed E-state index contributed by atoms with van der Waals surface area (Å²) in [4.78, 5) is 0. The molecule has 0 saturated carbocycles. The van der Waals surface area contributed by atoms with Crippen LogP contribution in [0.25, 0.3) is 0 Å². The van der Waals surface area contributed by atoms with Crippen LogP contribution in [0.5, 0.6) is 17.2 Å². The molecule has 1 aromatic heterocycles. The molecule has 0 atom stereocenters. The van der Waals surface area contributed by atoms with E-state index in [1.807, 2.05) is 20.2 Å². The number of nitrogens with one attached hydrogen (secondary N) is 1. The molecular weight excluding hydrogens is 270 g/mol. The fourth-order valence-electron chi connectivity index (χ4n) is 2.21. The number of aromatic nitrogens is 2. The van der Waals surface area contributed by atoms with Crippen molar-refractivity contribution in [2.45, 2.75) is 20.0 Å². The van der Waals surface area contributed by atoms with Crippen molar-refractivity contribution in [3.63, 3.8) is 0 Å². The highest BCUT2D eigenvalue weighted by atomic mass is 16.5. The van der Waals surface area contributed by atoms with Crippen LogP contribution in [0.1, 0.15) is 16.8 Å². The van der Waals surface area contributed by atoms with Gasteiger partial charge in [0.1, 0.15) is 0 Å². The third kappa shape index (κ3) is 3.46. The standard InChI is InChI=1S/C15H21N3O3/c1-10-12(9-18(2)17-10)8-16-7-11-5-13(20-3)15(19)14(6-11)21-4/h5-6,9,16,19H,7-8H2,1-4H3. The lowest BCUT2D eigenvalue weighted by Gasteiger charge is -2.11. The smallest absolute Gasteiger partial charge is 0.200 e. The minimum Gasteiger partial charge on any atom is -0.502 e. The quantitative estimate of drug-likeness (QED) is 0.848. The Balaban J connectivity index is 2.04. The lowest BCUT2D eigenvalue weighted by Crippen LogP contribution is -2.13. The first-order chi connectivity index (χ1) is 10.0. The van der Waals surface area contributed by atoms with Gasteiger partial charge in [-0.25, -0.2) is 0 Å². The van der Waals surface area contributed by atoms with E-state index < -0.39 is 0 Å². The maximum Gasteiger partial charge on any atom is 0.200 e. The second-order valence-electron chi connectivity index (χ2n) is 4.87. The van der Waals surface area contributed by atoms with Gasteiger partial charge in [-0.05, 0) is 24.6 Å². The minimum atomic E-state index is 0.0202. The number of aryl methyl sites for hydroxylation is 2. The van der Waals surface area contributed by atoms with Crippen molar-refractivity contribution in [2.24, 2.45) is 7.05 Å². The van der Waals surface area contributed by atoms with Crippen LogP contribution in [-0.2, 0) is 20.1 Å². The molecule has 6 heteroatoms. The molecule has 0 aliphatic rings. The SMILES string of the molecule is COc1cc(CNCc2cn(C)nc2C)cc(OC)c1O. The van der Waals surface area contributed by atoms with Crippen LogP contribution >= 0.6 is 0 Å². The van der Waals surface area contributed by atoms with Gasteiger partial charge < -0.3 is 19.9 Å². The second-order valence-corrected chi connectivity index (χ2v) is 4.87. The number of ether oxygens (including phenoxy) is 2. The third-order valence-electron chi connectivity index (χ3n) is 3.30. The molecule has 21 heavy (non-hydrogen) atoms. The average Bonchev–Trinajstić information content (AvgIpc) is 2.78. The van der Waals surface area contributed by atoms with E-state index in [9.17, 15) is 5.11 Å². The van der Waals surface area contributed by atoms with E-state index >= 15 is 0 Å². The van der Waals surface area contributed by atoms with Gasteiger partial charge in [-0.3, -0.25) is 4.68 Å². The van der Waals surface area contributed by atoms with Crippen LogP contribution in [0.3, 0.4) is 0 Å². The Hall–Kier alpha value is -2.21. The zero-order valence-corrected chi connectivity index (χ0v) is 12.8. The summed E-state index contributed by atoms with van der Waals surface area (Å²) in [5, 5.41) is 17.5. The van der Waals surface area contributed by atoms with Crippen LogP contribution in [0, 0.1) is 6.92 Å². The lowest BCUT2D eigenvalue weighted by molar-refractivity contribution is 0.339. The number of phenolic OH excluding ortho intramolecular Hbond substituents is 1. The Morgan fingerprint density at radius 2 is 1.81 bits per heavy atom. The average molecular weight is 291 g/mol. The molecule has 2 N–H and O–H groups in total. The van der Waals surface area contributed by atoms with Crippen molar-refractivity contribution in [3.05, 3.63) is 35.2 Å². The highest BCUT2D eigenvalue weighted by Gasteiger charge is 2.11. The molecule has 0 aliphatic carbocycles. The lowest BCUT2D eigenvalue weighted by atomic mass is 10.1. The van der Waals surface area contributed by atoms with Gasteiger partial charge in [-0.15, -0.1) is 0 Å². The van der Waals surface area contributed by atoms with E-state index in [-0.39, 0.29) is 5.75 Å². The number of hydrogen-bond donors (Lipinski definition) is 2. The highest BCUT2D eigenvalue weighted by Crippen LogP contribution is 2.36. The van der Waals surface area contributed by atoms with Gasteiger partial charge in [-0.1, -0.05) is 0 Å². The van der Waals surface area contributed by atoms with Gasteiger partial charge in [0.05, 0.1) is 19.9 Å². The third-order valence-corrected chi connectivity index (χ3v) is 3.30. The molecule has 0 fully saturated rings. The van der Waals surface area contributed by atoms with Gasteiger partial charge in [0, 0.05) is 31.9 Å². The summed E-state index contributed by atoms with van der Waals surface area (Å²) < 4.78 is 12.1. The van der Waals surface area contributed by atoms with Crippen LogP contribution in [0.15, 0.2) is 18.3 Å². The molecule has 2 rings (SSSR count). The summed E-state index contributed by atoms with van der Waals surface area (Å²) in [7, 11) is 4.95. The van der Waals surface area contributed by atoms with Gasteiger partial charge in [0.25, 0.3) is 0 Å². The molecule has 2 aromatic rings. The first-order valence-electron chi connectivity index (χ1n) is 6.68. The number of aromatic hydroxyl groups is 1. The molecule has 0 amide bonds. The summed E-state index contributed by atoms with van der Waals surface area (Å²) in [5.74, 6) is 0.833. The zero-order chi connectivity index (χ0) is 15.4. The monoisotopic (exact) mass is 291 g/mol. The molecule has 0 saturated heterocycles. The minimum absolute atomic E-state index is 0.0202. The van der Waals surface area contributed by atoms with E-state index in [0.29, 0.717) is 18.0 Å². The maximum atomic E-state index is 9.87. The van der Waals surface area contributed by atoms with E-state index in [1.54, 1.807) is 16.8 Å². The number of nitrogens with zero attached hydrogens (tertiary/aromatic N) is 2. The van der Waals surface area contributed by atoms with Crippen LogP contribution < -0.4 is 14.8 Å². The van der Waals surface area contributed by atoms with Crippen LogP contribution in [0.4, 0.5) is 0 Å². The van der Waals surface area contributed by atoms with E-state index in [4.69, 9.17) is 9.47 Å². The first-order valence-corrected chi connectivity index (χ1v) is 6.68. The van der Waals surface area contributed by atoms with E-state index in [2.05, 4.69) is 10.4 Å². The van der Waals surface area contributed by atoms with Crippen molar-refractivity contribution in [3.8, 4) is 17.2 Å². The summed E-state index contributed by atoms with van der Waals surface area (Å²) in [6.07, 6.45) is 2.00. The molecule has 6 nitrogen and oxygen atoms in total. The Kier molecular flexibility index (Phi) is 4.70. The summed E-state index contributed by atoms with van der Waals surface area (Å²) in [6.45, 7) is 3.36. The van der Waals surface area contributed by atoms with E-state index in [1.165, 1.54) is 14.2 Å². The molecule has 114 valence electrons. The number of methoxy groups -OCH3 is 2. The summed E-state index contributed by atoms with van der Waals surface area (Å²) in [6, 6.07) is 3.59. The second kappa shape index (κ2) is 6.49. The van der Waals surface area contributed by atoms with Crippen molar-refractivity contribution < 1.29 is 14.6 Å². The van der Waals surface area contributed by atoms with Gasteiger partial charge in [0.15, 0.2) is 11.5 Å². The topological polar surface area (TPSA) is 68.5 Å². The van der Waals surface area contributed by atoms with Gasteiger partial charge in [-0.2, -0.15) is 5.10 Å². The largest absolute Gasteiger partial charge is 0.502 e. The normalized spacial score (nSPS) is 10.7. The van der Waals surface area contributed by atoms with Crippen molar-refractivity contribution >= 4 is 0 Å². The predicted molar refractivity (Wildman–Crippen MR) is 79.7 cm³/mol. The number of benzene rings is 1. The summed E-state index contributed by atoms with van der Waals surface area (Å²) in [5.41, 5.74) is 3.16. The maximum absolute atomic E-state index is 9.87. The molecule has 0 spiro atoms. The van der Waals surface area contributed by atoms with Crippen molar-refractivity contribution in [2.75, 3.05) is 14.2 Å². The van der Waals surface area contributed by atoms with Gasteiger partial charge >= 0.3 is 0 Å². The number of phenols is 1. The molecule has 1 heterocycles. The highest BCUT2D eigenvalue weighted by molar-refractivity contribution is 5.52. The predicted octanol–water partition coefficient (Wildman–Crippen LogP) is 1.74. The Morgan fingerprint density at radius 1 is 1.19 bits per heavy atom. The summed E-state index contributed by atoms with van der Waals surface area (Å²) >= 11 is 0. The Morgan fingerprint density at radius 3 is 2.29 bits per heavy atom. The number of hydrogen-bond acceptors (Lipinski definition) is 5. The molecule has 0 unspecified atom stereocenters. The molecule has 0 radical (unpaired) electrons. The fourth-order valence-corrected chi connectivity index (χ4v) is 2.21. The van der Waals surface area contributed by atoms with Crippen molar-refractivity contribution in [1.29, 1.82) is 0 Å². The Bertz CT molecular complexity index is 598. The van der Waals surface area contributed by atoms with Crippen LogP contribution in [0.2, 0.25) is 0 Å². The van der Waals surface area contributed by atoms with Crippen LogP contribution in [-0.4, -0.2) is 29.1 Å². The Labute approximate surface area is 124 Å².